The van der Waals surface area contributed by atoms with E-state index in [-0.39, 0.29) is 17.5 Å². The van der Waals surface area contributed by atoms with Crippen LogP contribution in [0.2, 0.25) is 0 Å². The van der Waals surface area contributed by atoms with Crippen LogP contribution >= 0.6 is 0 Å². The van der Waals surface area contributed by atoms with Gasteiger partial charge in [-0.2, -0.15) is 5.10 Å². The molecule has 2 N–H and O–H groups in total. The standard InChI is InChI=1S/C16H28N4O/c1-11-6-7-19(13(8-11)9-17)15(21)14-10-18-20(12(14)2)16(3,4)5/h10-11,13H,6-9,17H2,1-5H3. The van der Waals surface area contributed by atoms with Crippen LogP contribution in [0.3, 0.4) is 0 Å². The Morgan fingerprint density at radius 3 is 2.67 bits per heavy atom. The van der Waals surface area contributed by atoms with Crippen molar-refractivity contribution in [1.29, 1.82) is 0 Å². The normalized spacial score (nSPS) is 23.4. The third-order valence-corrected chi connectivity index (χ3v) is 4.39. The number of likely N-dealkylation sites (tertiary alicyclic amines) is 1. The Morgan fingerprint density at radius 2 is 2.14 bits per heavy atom. The molecule has 0 spiro atoms. The molecule has 1 amide bonds. The van der Waals surface area contributed by atoms with Gasteiger partial charge >= 0.3 is 0 Å². The quantitative estimate of drug-likeness (QED) is 0.908. The highest BCUT2D eigenvalue weighted by Crippen LogP contribution is 2.25. The first-order valence-electron chi connectivity index (χ1n) is 7.81. The SMILES string of the molecule is Cc1c(C(=O)N2CCC(C)CC2CN)cnn1C(C)(C)C. The molecule has 0 aliphatic carbocycles. The first-order chi connectivity index (χ1) is 9.75. The smallest absolute Gasteiger partial charge is 0.257 e. The molecule has 1 saturated heterocycles. The lowest BCUT2D eigenvalue weighted by Crippen LogP contribution is -2.49. The van der Waals surface area contributed by atoms with Crippen LogP contribution in [0.5, 0.6) is 0 Å². The van der Waals surface area contributed by atoms with E-state index >= 15 is 0 Å². The second kappa shape index (κ2) is 5.79. The summed E-state index contributed by atoms with van der Waals surface area (Å²) < 4.78 is 1.92. The summed E-state index contributed by atoms with van der Waals surface area (Å²) in [5.41, 5.74) is 7.39. The number of carbonyl (C=O) groups excluding carboxylic acids is 1. The maximum atomic E-state index is 12.9. The lowest BCUT2D eigenvalue weighted by molar-refractivity contribution is 0.0572. The molecule has 2 atom stereocenters. The fourth-order valence-corrected chi connectivity index (χ4v) is 3.19. The molecule has 1 fully saturated rings. The van der Waals surface area contributed by atoms with E-state index < -0.39 is 0 Å². The molecule has 1 aliphatic rings. The fraction of sp³-hybridized carbons (Fsp3) is 0.750. The van der Waals surface area contributed by atoms with Crippen molar-refractivity contribution in [2.24, 2.45) is 11.7 Å². The zero-order valence-electron chi connectivity index (χ0n) is 13.9. The van der Waals surface area contributed by atoms with Crippen LogP contribution in [0.15, 0.2) is 6.20 Å². The molecule has 2 unspecified atom stereocenters. The van der Waals surface area contributed by atoms with Crippen molar-refractivity contribution in [1.82, 2.24) is 14.7 Å². The van der Waals surface area contributed by atoms with Crippen molar-refractivity contribution < 1.29 is 4.79 Å². The Hall–Kier alpha value is -1.36. The maximum Gasteiger partial charge on any atom is 0.257 e. The summed E-state index contributed by atoms with van der Waals surface area (Å²) in [5.74, 6) is 0.714. The van der Waals surface area contributed by atoms with Gasteiger partial charge in [-0.05, 0) is 46.5 Å². The molecule has 1 aromatic rings. The van der Waals surface area contributed by atoms with Crippen molar-refractivity contribution in [2.45, 2.75) is 59.0 Å². The predicted octanol–water partition coefficient (Wildman–Crippen LogP) is 2.15. The number of nitrogens with two attached hydrogens (primary N) is 1. The van der Waals surface area contributed by atoms with Gasteiger partial charge in [0.2, 0.25) is 0 Å². The number of hydrogen-bond acceptors (Lipinski definition) is 3. The fourth-order valence-electron chi connectivity index (χ4n) is 3.19. The molecule has 2 heterocycles. The maximum absolute atomic E-state index is 12.9. The molecule has 0 aromatic carbocycles. The molecular weight excluding hydrogens is 264 g/mol. The van der Waals surface area contributed by atoms with E-state index in [0.717, 1.165) is 25.1 Å². The Bertz CT molecular complexity index is 515. The number of amides is 1. The molecule has 5 heteroatoms. The average Bonchev–Trinajstić information content (AvgIpc) is 2.79. The van der Waals surface area contributed by atoms with Crippen molar-refractivity contribution in [3.63, 3.8) is 0 Å². The monoisotopic (exact) mass is 292 g/mol. The van der Waals surface area contributed by atoms with Crippen LogP contribution in [0.1, 0.15) is 56.6 Å². The Kier molecular flexibility index (Phi) is 4.42. The predicted molar refractivity (Wildman–Crippen MR) is 84.2 cm³/mol. The van der Waals surface area contributed by atoms with E-state index in [1.54, 1.807) is 6.20 Å². The summed E-state index contributed by atoms with van der Waals surface area (Å²) >= 11 is 0. The lowest BCUT2D eigenvalue weighted by Gasteiger charge is -2.38. The molecular formula is C16H28N4O. The van der Waals surface area contributed by atoms with Crippen LogP contribution in [-0.4, -0.2) is 39.7 Å². The largest absolute Gasteiger partial charge is 0.334 e. The van der Waals surface area contributed by atoms with Crippen LogP contribution in [-0.2, 0) is 5.54 Å². The number of nitrogens with zero attached hydrogens (tertiary/aromatic N) is 3. The molecule has 21 heavy (non-hydrogen) atoms. The number of hydrogen-bond donors (Lipinski definition) is 1. The number of aromatic nitrogens is 2. The third-order valence-electron chi connectivity index (χ3n) is 4.39. The topological polar surface area (TPSA) is 64.2 Å². The summed E-state index contributed by atoms with van der Waals surface area (Å²) in [7, 11) is 0. The minimum Gasteiger partial charge on any atom is -0.334 e. The van der Waals surface area contributed by atoms with Gasteiger partial charge in [-0.15, -0.1) is 0 Å². The van der Waals surface area contributed by atoms with E-state index in [9.17, 15) is 4.79 Å². The van der Waals surface area contributed by atoms with Crippen molar-refractivity contribution >= 4 is 5.91 Å². The summed E-state index contributed by atoms with van der Waals surface area (Å²) in [5, 5.41) is 4.41. The first-order valence-corrected chi connectivity index (χ1v) is 7.81. The highest BCUT2D eigenvalue weighted by Gasteiger charge is 2.32. The second-order valence-corrected chi connectivity index (χ2v) is 7.24. The minimum atomic E-state index is -0.119. The number of piperidine rings is 1. The van der Waals surface area contributed by atoms with Crippen LogP contribution in [0.4, 0.5) is 0 Å². The van der Waals surface area contributed by atoms with Crippen molar-refractivity contribution in [2.75, 3.05) is 13.1 Å². The van der Waals surface area contributed by atoms with Gasteiger partial charge < -0.3 is 10.6 Å². The number of rotatable bonds is 2. The molecule has 1 aliphatic heterocycles. The summed E-state index contributed by atoms with van der Waals surface area (Å²) in [4.78, 5) is 14.8. The van der Waals surface area contributed by atoms with Gasteiger partial charge in [-0.3, -0.25) is 9.48 Å². The minimum absolute atomic E-state index is 0.0744. The van der Waals surface area contributed by atoms with Gasteiger partial charge in [0.15, 0.2) is 0 Å². The van der Waals surface area contributed by atoms with E-state index in [1.807, 2.05) is 16.5 Å². The highest BCUT2D eigenvalue weighted by atomic mass is 16.2. The van der Waals surface area contributed by atoms with Crippen LogP contribution in [0.25, 0.3) is 0 Å². The summed E-state index contributed by atoms with van der Waals surface area (Å²) in [6.45, 7) is 11.8. The molecule has 0 bridgehead atoms. The van der Waals surface area contributed by atoms with E-state index in [0.29, 0.717) is 18.0 Å². The van der Waals surface area contributed by atoms with Gasteiger partial charge in [0.05, 0.1) is 17.3 Å². The molecule has 118 valence electrons. The zero-order valence-corrected chi connectivity index (χ0v) is 13.9. The van der Waals surface area contributed by atoms with Gasteiger partial charge in [0.25, 0.3) is 5.91 Å². The Labute approximate surface area is 127 Å². The van der Waals surface area contributed by atoms with Gasteiger partial charge in [0, 0.05) is 24.8 Å². The molecule has 5 nitrogen and oxygen atoms in total. The summed E-state index contributed by atoms with van der Waals surface area (Å²) in [6, 6.07) is 0.152. The Balaban J connectivity index is 2.26. The average molecular weight is 292 g/mol. The lowest BCUT2D eigenvalue weighted by atomic mass is 9.92. The van der Waals surface area contributed by atoms with Crippen LogP contribution in [0, 0.1) is 12.8 Å². The summed E-state index contributed by atoms with van der Waals surface area (Å²) in [6.07, 6.45) is 3.75. The van der Waals surface area contributed by atoms with E-state index in [4.69, 9.17) is 5.73 Å². The van der Waals surface area contributed by atoms with Crippen molar-refractivity contribution in [3.05, 3.63) is 17.5 Å². The van der Waals surface area contributed by atoms with Crippen LogP contribution < -0.4 is 5.73 Å². The third kappa shape index (κ3) is 3.12. The van der Waals surface area contributed by atoms with Crippen molar-refractivity contribution in [3.8, 4) is 0 Å². The second-order valence-electron chi connectivity index (χ2n) is 7.24. The van der Waals surface area contributed by atoms with Gasteiger partial charge in [-0.25, -0.2) is 0 Å². The van der Waals surface area contributed by atoms with E-state index in [2.05, 4.69) is 32.8 Å². The highest BCUT2D eigenvalue weighted by molar-refractivity contribution is 5.95. The molecule has 2 rings (SSSR count). The first kappa shape index (κ1) is 16.0. The zero-order chi connectivity index (χ0) is 15.8. The molecule has 0 radical (unpaired) electrons. The van der Waals surface area contributed by atoms with E-state index in [1.165, 1.54) is 0 Å². The molecule has 1 aromatic heterocycles. The number of carbonyl (C=O) groups is 1. The van der Waals surface area contributed by atoms with Gasteiger partial charge in [-0.1, -0.05) is 6.92 Å². The molecule has 0 saturated carbocycles. The van der Waals surface area contributed by atoms with Gasteiger partial charge in [0.1, 0.15) is 0 Å². The Morgan fingerprint density at radius 1 is 1.48 bits per heavy atom.